The number of benzene rings is 1. The molecule has 0 radical (unpaired) electrons. The predicted octanol–water partition coefficient (Wildman–Crippen LogP) is 2.94. The molecule has 0 aliphatic carbocycles. The van der Waals surface area contributed by atoms with Gasteiger partial charge in [-0.3, -0.25) is 9.13 Å². The summed E-state index contributed by atoms with van der Waals surface area (Å²) in [5.41, 5.74) is 1.28. The molecule has 0 N–H and O–H groups in total. The van der Waals surface area contributed by atoms with Crippen LogP contribution in [0.15, 0.2) is 47.5 Å². The van der Waals surface area contributed by atoms with Crippen molar-refractivity contribution >= 4 is 12.6 Å². The monoisotopic (exact) mass is 276 g/mol. The second-order valence-corrected chi connectivity index (χ2v) is 5.39. The van der Waals surface area contributed by atoms with Crippen molar-refractivity contribution in [2.45, 2.75) is 32.4 Å². The molecule has 0 fully saturated rings. The Labute approximate surface area is 119 Å². The summed E-state index contributed by atoms with van der Waals surface area (Å²) in [6, 6.07) is 10.4. The zero-order valence-electron chi connectivity index (χ0n) is 11.4. The molecular formula is C15H20N2OS. The standard InChI is InChI=1S/C15H20N2OS/c1-12(2)17-9-8-16(15(17)18)10-14(11-19)13-6-4-3-5-7-13/h3-9,12,14,19H,10-11H2,1-2H3. The van der Waals surface area contributed by atoms with Gasteiger partial charge in [-0.05, 0) is 25.2 Å². The maximum absolute atomic E-state index is 12.2. The summed E-state index contributed by atoms with van der Waals surface area (Å²) >= 11 is 4.42. The smallest absolute Gasteiger partial charge is 0.299 e. The Balaban J connectivity index is 2.22. The highest BCUT2D eigenvalue weighted by atomic mass is 32.1. The van der Waals surface area contributed by atoms with Gasteiger partial charge >= 0.3 is 5.69 Å². The number of thiol groups is 1. The van der Waals surface area contributed by atoms with Crippen LogP contribution < -0.4 is 5.69 Å². The molecule has 1 atom stereocenters. The van der Waals surface area contributed by atoms with Crippen molar-refractivity contribution in [3.05, 3.63) is 58.8 Å². The van der Waals surface area contributed by atoms with Gasteiger partial charge in [0.05, 0.1) is 0 Å². The molecule has 0 amide bonds. The maximum Gasteiger partial charge on any atom is 0.328 e. The molecule has 19 heavy (non-hydrogen) atoms. The topological polar surface area (TPSA) is 26.9 Å². The van der Waals surface area contributed by atoms with E-state index in [1.165, 1.54) is 5.56 Å². The van der Waals surface area contributed by atoms with Gasteiger partial charge in [-0.25, -0.2) is 4.79 Å². The van der Waals surface area contributed by atoms with E-state index in [1.807, 2.05) is 44.4 Å². The van der Waals surface area contributed by atoms with Gasteiger partial charge in [0.1, 0.15) is 0 Å². The number of hydrogen-bond donors (Lipinski definition) is 1. The van der Waals surface area contributed by atoms with Gasteiger partial charge in [0.2, 0.25) is 0 Å². The van der Waals surface area contributed by atoms with Crippen LogP contribution in [0.2, 0.25) is 0 Å². The Morgan fingerprint density at radius 2 is 1.84 bits per heavy atom. The Hall–Kier alpha value is -1.42. The minimum atomic E-state index is 0.0534. The van der Waals surface area contributed by atoms with Gasteiger partial charge < -0.3 is 0 Å². The van der Waals surface area contributed by atoms with Gasteiger partial charge in [0, 0.05) is 30.9 Å². The van der Waals surface area contributed by atoms with Gasteiger partial charge in [-0.15, -0.1) is 0 Å². The van der Waals surface area contributed by atoms with E-state index in [0.29, 0.717) is 6.54 Å². The Morgan fingerprint density at radius 3 is 2.37 bits per heavy atom. The van der Waals surface area contributed by atoms with Gasteiger partial charge in [0.15, 0.2) is 0 Å². The fraction of sp³-hybridized carbons (Fsp3) is 0.400. The largest absolute Gasteiger partial charge is 0.328 e. The molecule has 4 heteroatoms. The highest BCUT2D eigenvalue weighted by Gasteiger charge is 2.13. The van der Waals surface area contributed by atoms with E-state index >= 15 is 0 Å². The van der Waals surface area contributed by atoms with Gasteiger partial charge in [0.25, 0.3) is 0 Å². The number of rotatable bonds is 5. The molecule has 3 nitrogen and oxygen atoms in total. The minimum Gasteiger partial charge on any atom is -0.299 e. The second-order valence-electron chi connectivity index (χ2n) is 5.02. The number of hydrogen-bond acceptors (Lipinski definition) is 2. The lowest BCUT2D eigenvalue weighted by Gasteiger charge is -2.15. The Bertz CT molecular complexity index is 571. The molecule has 1 heterocycles. The van der Waals surface area contributed by atoms with Crippen LogP contribution in [0.25, 0.3) is 0 Å². The molecule has 2 rings (SSSR count). The molecule has 0 spiro atoms. The van der Waals surface area contributed by atoms with Crippen LogP contribution >= 0.6 is 12.6 Å². The molecule has 102 valence electrons. The fourth-order valence-corrected chi connectivity index (χ4v) is 2.52. The first-order valence-electron chi connectivity index (χ1n) is 6.56. The molecule has 2 aromatic rings. The number of nitrogens with zero attached hydrogens (tertiary/aromatic N) is 2. The normalized spacial score (nSPS) is 12.8. The van der Waals surface area contributed by atoms with Gasteiger partial charge in [-0.1, -0.05) is 30.3 Å². The van der Waals surface area contributed by atoms with Crippen molar-refractivity contribution in [2.24, 2.45) is 0 Å². The third-order valence-electron chi connectivity index (χ3n) is 3.34. The maximum atomic E-state index is 12.2. The number of imidazole rings is 1. The lowest BCUT2D eigenvalue weighted by atomic mass is 10.0. The zero-order chi connectivity index (χ0) is 13.8. The van der Waals surface area contributed by atoms with Crippen molar-refractivity contribution in [3.8, 4) is 0 Å². The third-order valence-corrected chi connectivity index (χ3v) is 3.78. The second kappa shape index (κ2) is 6.15. The molecule has 0 aliphatic rings. The Morgan fingerprint density at radius 1 is 1.16 bits per heavy atom. The van der Waals surface area contributed by atoms with Crippen LogP contribution in [0.1, 0.15) is 31.4 Å². The average Bonchev–Trinajstić information content (AvgIpc) is 2.78. The van der Waals surface area contributed by atoms with Crippen LogP contribution in [-0.2, 0) is 6.54 Å². The van der Waals surface area contributed by atoms with Crippen LogP contribution in [0.5, 0.6) is 0 Å². The number of aromatic nitrogens is 2. The van der Waals surface area contributed by atoms with E-state index in [-0.39, 0.29) is 17.6 Å². The highest BCUT2D eigenvalue weighted by Crippen LogP contribution is 2.18. The first kappa shape index (κ1) is 14.0. The third kappa shape index (κ3) is 3.13. The first-order chi connectivity index (χ1) is 9.13. The van der Waals surface area contributed by atoms with Crippen molar-refractivity contribution in [1.82, 2.24) is 9.13 Å². The SMILES string of the molecule is CC(C)n1ccn(CC(CS)c2ccccc2)c1=O. The summed E-state index contributed by atoms with van der Waals surface area (Å²) in [5, 5.41) is 0. The van der Waals surface area contributed by atoms with E-state index < -0.39 is 0 Å². The predicted molar refractivity (Wildman–Crippen MR) is 82.1 cm³/mol. The van der Waals surface area contributed by atoms with Crippen molar-refractivity contribution in [3.63, 3.8) is 0 Å². The van der Waals surface area contributed by atoms with Crippen LogP contribution in [0.3, 0.4) is 0 Å². The fourth-order valence-electron chi connectivity index (χ4n) is 2.19. The molecule has 0 saturated carbocycles. The first-order valence-corrected chi connectivity index (χ1v) is 7.19. The van der Waals surface area contributed by atoms with Gasteiger partial charge in [-0.2, -0.15) is 12.6 Å². The highest BCUT2D eigenvalue weighted by molar-refractivity contribution is 7.80. The van der Waals surface area contributed by atoms with E-state index in [4.69, 9.17) is 0 Å². The van der Waals surface area contributed by atoms with E-state index in [2.05, 4.69) is 24.8 Å². The summed E-state index contributed by atoms with van der Waals surface area (Å²) < 4.78 is 3.52. The zero-order valence-corrected chi connectivity index (χ0v) is 12.3. The van der Waals surface area contributed by atoms with Crippen molar-refractivity contribution < 1.29 is 0 Å². The lowest BCUT2D eigenvalue weighted by Crippen LogP contribution is -2.27. The molecule has 0 bridgehead atoms. The van der Waals surface area contributed by atoms with Crippen LogP contribution in [0.4, 0.5) is 0 Å². The summed E-state index contributed by atoms with van der Waals surface area (Å²) in [4.78, 5) is 12.2. The Kier molecular flexibility index (Phi) is 4.53. The quantitative estimate of drug-likeness (QED) is 0.835. The molecule has 1 aromatic heterocycles. The molecular weight excluding hydrogens is 256 g/mol. The van der Waals surface area contributed by atoms with Crippen molar-refractivity contribution in [1.29, 1.82) is 0 Å². The van der Waals surface area contributed by atoms with Crippen LogP contribution in [-0.4, -0.2) is 14.9 Å². The average molecular weight is 276 g/mol. The molecule has 1 unspecified atom stereocenters. The summed E-state index contributed by atoms with van der Waals surface area (Å²) in [7, 11) is 0. The lowest BCUT2D eigenvalue weighted by molar-refractivity contribution is 0.530. The van der Waals surface area contributed by atoms with E-state index in [1.54, 1.807) is 9.13 Å². The summed E-state index contributed by atoms with van der Waals surface area (Å²) in [6.07, 6.45) is 3.72. The molecule has 0 aliphatic heterocycles. The minimum absolute atomic E-state index is 0.0534. The van der Waals surface area contributed by atoms with Crippen molar-refractivity contribution in [2.75, 3.05) is 5.75 Å². The molecule has 1 aromatic carbocycles. The summed E-state index contributed by atoms with van der Waals surface area (Å²) in [6.45, 7) is 4.70. The van der Waals surface area contributed by atoms with E-state index in [9.17, 15) is 4.79 Å². The van der Waals surface area contributed by atoms with E-state index in [0.717, 1.165) is 5.75 Å². The van der Waals surface area contributed by atoms with Crippen LogP contribution in [0, 0.1) is 0 Å². The molecule has 0 saturated heterocycles. The summed E-state index contributed by atoms with van der Waals surface area (Å²) in [5.74, 6) is 0.980.